The zero-order valence-electron chi connectivity index (χ0n) is 10.8. The monoisotopic (exact) mass is 296 g/mol. The van der Waals surface area contributed by atoms with Gasteiger partial charge in [0.15, 0.2) is 11.4 Å². The fourth-order valence-corrected chi connectivity index (χ4v) is 1.80. The normalized spacial score (nSPS) is 10.8. The van der Waals surface area contributed by atoms with Crippen molar-refractivity contribution in [3.05, 3.63) is 28.8 Å². The highest BCUT2D eigenvalue weighted by atomic mass is 35.5. The smallest absolute Gasteiger partial charge is 0.255 e. The van der Waals surface area contributed by atoms with Crippen molar-refractivity contribution >= 4 is 40.1 Å². The summed E-state index contributed by atoms with van der Waals surface area (Å²) in [4.78, 5) is 17.7. The van der Waals surface area contributed by atoms with E-state index in [1.165, 1.54) is 16.7 Å². The van der Waals surface area contributed by atoms with Crippen LogP contribution in [0.4, 0.5) is 5.69 Å². The van der Waals surface area contributed by atoms with E-state index in [1.54, 1.807) is 44.7 Å². The van der Waals surface area contributed by atoms with Gasteiger partial charge in [-0.25, -0.2) is 4.99 Å². The number of nitriles is 1. The Morgan fingerprint density at radius 3 is 2.74 bits per heavy atom. The molecule has 0 bridgehead atoms. The third kappa shape index (κ3) is 4.16. The largest absolute Gasteiger partial charge is 0.345 e. The van der Waals surface area contributed by atoms with Crippen molar-refractivity contribution in [3.8, 4) is 6.19 Å². The van der Waals surface area contributed by atoms with Crippen LogP contribution in [0.25, 0.3) is 0 Å². The fraction of sp³-hybridized carbons (Fsp3) is 0.250. The highest BCUT2D eigenvalue weighted by Gasteiger charge is 2.14. The van der Waals surface area contributed by atoms with Crippen molar-refractivity contribution in [2.45, 2.75) is 0 Å². The highest BCUT2D eigenvalue weighted by Crippen LogP contribution is 2.25. The van der Waals surface area contributed by atoms with Gasteiger partial charge in [0.25, 0.3) is 5.91 Å². The first-order valence-electron chi connectivity index (χ1n) is 5.28. The number of rotatable bonds is 2. The van der Waals surface area contributed by atoms with E-state index in [-0.39, 0.29) is 5.91 Å². The Kier molecular flexibility index (Phi) is 5.67. The summed E-state index contributed by atoms with van der Waals surface area (Å²) in [5.41, 5.74) is 0.860. The van der Waals surface area contributed by atoms with Crippen LogP contribution >= 0.6 is 23.4 Å². The molecule has 0 aromatic heterocycles. The van der Waals surface area contributed by atoms with E-state index >= 15 is 0 Å². The Bertz CT molecular complexity index is 551. The maximum absolute atomic E-state index is 12.0. The zero-order valence-corrected chi connectivity index (χ0v) is 12.3. The van der Waals surface area contributed by atoms with Gasteiger partial charge in [-0.3, -0.25) is 10.1 Å². The first-order valence-corrected chi connectivity index (χ1v) is 6.89. The molecule has 0 fully saturated rings. The average Bonchev–Trinajstić information content (AvgIpc) is 2.37. The summed E-state index contributed by atoms with van der Waals surface area (Å²) >= 11 is 7.19. The number of benzene rings is 1. The summed E-state index contributed by atoms with van der Waals surface area (Å²) in [7, 11) is 3.32. The molecule has 7 heteroatoms. The van der Waals surface area contributed by atoms with Crippen molar-refractivity contribution in [2.24, 2.45) is 4.99 Å². The lowest BCUT2D eigenvalue weighted by molar-refractivity contribution is 0.0828. The summed E-state index contributed by atoms with van der Waals surface area (Å²) in [6.07, 6.45) is 3.57. The number of halogens is 1. The van der Waals surface area contributed by atoms with Crippen LogP contribution in [0.1, 0.15) is 10.4 Å². The third-order valence-electron chi connectivity index (χ3n) is 2.17. The van der Waals surface area contributed by atoms with Gasteiger partial charge in [-0.2, -0.15) is 5.26 Å². The number of amides is 1. The minimum absolute atomic E-state index is 0.173. The summed E-state index contributed by atoms with van der Waals surface area (Å²) in [5, 5.41) is 11.9. The summed E-state index contributed by atoms with van der Waals surface area (Å²) < 4.78 is 0. The quantitative estimate of drug-likeness (QED) is 0.394. The fourth-order valence-electron chi connectivity index (χ4n) is 1.30. The van der Waals surface area contributed by atoms with E-state index in [2.05, 4.69) is 10.3 Å². The molecule has 1 aromatic carbocycles. The lowest BCUT2D eigenvalue weighted by Crippen LogP contribution is -2.22. The van der Waals surface area contributed by atoms with Gasteiger partial charge >= 0.3 is 0 Å². The highest BCUT2D eigenvalue weighted by molar-refractivity contribution is 8.13. The van der Waals surface area contributed by atoms with Crippen molar-refractivity contribution in [1.82, 2.24) is 10.2 Å². The molecule has 1 N–H and O–H groups in total. The minimum Gasteiger partial charge on any atom is -0.345 e. The molecule has 0 atom stereocenters. The van der Waals surface area contributed by atoms with Gasteiger partial charge in [0.05, 0.1) is 11.3 Å². The van der Waals surface area contributed by atoms with E-state index in [1.807, 2.05) is 0 Å². The number of hydrogen-bond donors (Lipinski definition) is 1. The molecule has 1 rings (SSSR count). The maximum atomic E-state index is 12.0. The minimum atomic E-state index is -0.173. The standard InChI is InChI=1S/C12H13ClN4OS/c1-17(2)11(18)9-5-4-8(13)6-10(9)16-12(19-3)15-7-14/h4-6H,1-3H3,(H,15,16). The average molecular weight is 297 g/mol. The second-order valence-electron chi connectivity index (χ2n) is 3.72. The third-order valence-corrected chi connectivity index (χ3v) is 2.99. The van der Waals surface area contributed by atoms with Crippen LogP contribution < -0.4 is 5.32 Å². The van der Waals surface area contributed by atoms with Crippen molar-refractivity contribution in [2.75, 3.05) is 20.4 Å². The van der Waals surface area contributed by atoms with Crippen molar-refractivity contribution in [3.63, 3.8) is 0 Å². The van der Waals surface area contributed by atoms with Gasteiger partial charge in [0.2, 0.25) is 0 Å². The molecule has 0 unspecified atom stereocenters. The number of carbonyl (C=O) groups excluding carboxylic acids is 1. The molecule has 0 aliphatic heterocycles. The Morgan fingerprint density at radius 2 is 2.21 bits per heavy atom. The number of carbonyl (C=O) groups is 1. The van der Waals surface area contributed by atoms with Crippen LogP contribution in [-0.4, -0.2) is 36.3 Å². The molecule has 0 radical (unpaired) electrons. The number of amidine groups is 1. The Balaban J connectivity index is 3.29. The molecule has 1 aromatic rings. The predicted octanol–water partition coefficient (Wildman–Crippen LogP) is 2.46. The maximum Gasteiger partial charge on any atom is 0.255 e. The number of nitrogens with zero attached hydrogens (tertiary/aromatic N) is 3. The van der Waals surface area contributed by atoms with E-state index in [0.717, 1.165) is 0 Å². The molecule has 100 valence electrons. The zero-order chi connectivity index (χ0) is 14.4. The SMILES string of the molecule is CSC(=Nc1cc(Cl)ccc1C(=O)N(C)C)NC#N. The van der Waals surface area contributed by atoms with Gasteiger partial charge < -0.3 is 4.90 Å². The molecule has 0 aliphatic carbocycles. The second-order valence-corrected chi connectivity index (χ2v) is 4.95. The molecule has 19 heavy (non-hydrogen) atoms. The number of nitrogens with one attached hydrogen (secondary N) is 1. The van der Waals surface area contributed by atoms with Gasteiger partial charge in [-0.15, -0.1) is 0 Å². The van der Waals surface area contributed by atoms with Crippen LogP contribution in [0, 0.1) is 11.5 Å². The molecular formula is C12H13ClN4OS. The number of hydrogen-bond acceptors (Lipinski definition) is 4. The summed E-state index contributed by atoms with van der Waals surface area (Å²) in [5.74, 6) is -0.173. The first kappa shape index (κ1) is 15.3. The molecule has 0 aliphatic rings. The molecule has 1 amide bonds. The van der Waals surface area contributed by atoms with E-state index in [9.17, 15) is 4.79 Å². The van der Waals surface area contributed by atoms with Crippen LogP contribution in [0.3, 0.4) is 0 Å². The predicted molar refractivity (Wildman–Crippen MR) is 78.8 cm³/mol. The Hall–Kier alpha value is -1.71. The van der Waals surface area contributed by atoms with Crippen molar-refractivity contribution in [1.29, 1.82) is 5.26 Å². The number of thioether (sulfide) groups is 1. The van der Waals surface area contributed by atoms with Gasteiger partial charge in [-0.05, 0) is 24.5 Å². The van der Waals surface area contributed by atoms with Crippen molar-refractivity contribution < 1.29 is 4.79 Å². The number of aliphatic imine (C=N–C) groups is 1. The van der Waals surface area contributed by atoms with E-state index < -0.39 is 0 Å². The molecular weight excluding hydrogens is 284 g/mol. The summed E-state index contributed by atoms with van der Waals surface area (Å²) in [6.45, 7) is 0. The lowest BCUT2D eigenvalue weighted by atomic mass is 10.1. The summed E-state index contributed by atoms with van der Waals surface area (Å²) in [6, 6.07) is 4.84. The molecule has 0 spiro atoms. The Labute approximate surface area is 121 Å². The van der Waals surface area contributed by atoms with Crippen LogP contribution in [0.2, 0.25) is 5.02 Å². The molecule has 0 heterocycles. The van der Waals surface area contributed by atoms with E-state index in [0.29, 0.717) is 21.4 Å². The van der Waals surface area contributed by atoms with Gasteiger partial charge in [0, 0.05) is 19.1 Å². The molecule has 5 nitrogen and oxygen atoms in total. The first-order chi connectivity index (χ1) is 8.99. The van der Waals surface area contributed by atoms with E-state index in [4.69, 9.17) is 16.9 Å². The second kappa shape index (κ2) is 7.02. The molecule has 0 saturated heterocycles. The topological polar surface area (TPSA) is 68.5 Å². The molecule has 0 saturated carbocycles. The Morgan fingerprint density at radius 1 is 1.53 bits per heavy atom. The van der Waals surface area contributed by atoms with Gasteiger partial charge in [-0.1, -0.05) is 23.4 Å². The van der Waals surface area contributed by atoms with Crippen LogP contribution in [-0.2, 0) is 0 Å². The van der Waals surface area contributed by atoms with Crippen LogP contribution in [0.5, 0.6) is 0 Å². The lowest BCUT2D eigenvalue weighted by Gasteiger charge is -2.12. The van der Waals surface area contributed by atoms with Crippen LogP contribution in [0.15, 0.2) is 23.2 Å². The van der Waals surface area contributed by atoms with Gasteiger partial charge in [0.1, 0.15) is 0 Å².